The highest BCUT2D eigenvalue weighted by Gasteiger charge is 2.27. The summed E-state index contributed by atoms with van der Waals surface area (Å²) < 4.78 is 11.4. The van der Waals surface area contributed by atoms with Gasteiger partial charge in [-0.05, 0) is 43.1 Å². The van der Waals surface area contributed by atoms with Crippen molar-refractivity contribution in [2.45, 2.75) is 29.2 Å². The lowest BCUT2D eigenvalue weighted by Crippen LogP contribution is -2.20. The van der Waals surface area contributed by atoms with Crippen LogP contribution in [0.4, 0.5) is 0 Å². The molecule has 1 N–H and O–H groups in total. The lowest BCUT2D eigenvalue weighted by atomic mass is 9.95. The molecule has 3 rings (SSSR count). The quantitative estimate of drug-likeness (QED) is 0.886. The highest BCUT2D eigenvalue weighted by atomic mass is 32.2. The molecule has 0 amide bonds. The zero-order valence-corrected chi connectivity index (χ0v) is 15.9. The normalized spacial score (nSPS) is 14.7. The van der Waals surface area contributed by atoms with Crippen LogP contribution in [-0.4, -0.2) is 44.4 Å². The Labute approximate surface area is 153 Å². The lowest BCUT2D eigenvalue weighted by molar-refractivity contribution is 0.267. The monoisotopic (exact) mass is 359 g/mol. The average Bonchev–Trinajstić information content (AvgIpc) is 2.84. The highest BCUT2D eigenvalue weighted by molar-refractivity contribution is 7.99. The highest BCUT2D eigenvalue weighted by Crippen LogP contribution is 2.48. The molecule has 0 radical (unpaired) electrons. The first kappa shape index (κ1) is 18.1. The molecule has 1 aliphatic heterocycles. The van der Waals surface area contributed by atoms with Gasteiger partial charge in [0.15, 0.2) is 11.5 Å². The Morgan fingerprint density at radius 1 is 1.00 bits per heavy atom. The van der Waals surface area contributed by atoms with E-state index in [9.17, 15) is 5.11 Å². The van der Waals surface area contributed by atoms with Gasteiger partial charge < -0.3 is 19.5 Å². The third-order valence-corrected chi connectivity index (χ3v) is 5.85. The van der Waals surface area contributed by atoms with E-state index in [-0.39, 0.29) is 6.61 Å². The van der Waals surface area contributed by atoms with Gasteiger partial charge in [-0.3, -0.25) is 0 Å². The zero-order chi connectivity index (χ0) is 17.8. The molecule has 1 aliphatic rings. The first-order valence-corrected chi connectivity index (χ1v) is 9.32. The molecule has 4 nitrogen and oxygen atoms in total. The van der Waals surface area contributed by atoms with Gasteiger partial charge in [-0.15, -0.1) is 0 Å². The van der Waals surface area contributed by atoms with Crippen LogP contribution in [0, 0.1) is 0 Å². The predicted octanol–water partition coefficient (Wildman–Crippen LogP) is 3.38. The fourth-order valence-electron chi connectivity index (χ4n) is 3.40. The summed E-state index contributed by atoms with van der Waals surface area (Å²) in [6, 6.07) is 10.3. The number of rotatable bonds is 5. The Hall–Kier alpha value is -1.69. The first-order chi connectivity index (χ1) is 12.2. The summed E-state index contributed by atoms with van der Waals surface area (Å²) in [5, 5.41) is 10.0. The van der Waals surface area contributed by atoms with Gasteiger partial charge in [0.05, 0.1) is 25.7 Å². The van der Waals surface area contributed by atoms with E-state index >= 15 is 0 Å². The molecule has 134 valence electrons. The van der Waals surface area contributed by atoms with E-state index in [2.05, 4.69) is 24.1 Å². The van der Waals surface area contributed by atoms with Gasteiger partial charge in [0.1, 0.15) is 0 Å². The predicted molar refractivity (Wildman–Crippen MR) is 101 cm³/mol. The molecule has 2 aromatic rings. The van der Waals surface area contributed by atoms with E-state index in [4.69, 9.17) is 9.47 Å². The molecule has 0 aliphatic carbocycles. The van der Waals surface area contributed by atoms with E-state index in [1.807, 2.05) is 18.2 Å². The maximum absolute atomic E-state index is 10.0. The van der Waals surface area contributed by atoms with Crippen molar-refractivity contribution in [3.63, 3.8) is 0 Å². The van der Waals surface area contributed by atoms with Crippen molar-refractivity contribution in [3.05, 3.63) is 47.0 Å². The topological polar surface area (TPSA) is 41.9 Å². The minimum atomic E-state index is -0.0398. The number of likely N-dealkylation sites (N-methyl/N-ethyl adjacent to an activating group) is 1. The van der Waals surface area contributed by atoms with E-state index in [1.165, 1.54) is 16.0 Å². The molecule has 0 aromatic heterocycles. The van der Waals surface area contributed by atoms with Crippen molar-refractivity contribution in [2.24, 2.45) is 0 Å². The van der Waals surface area contributed by atoms with Crippen molar-refractivity contribution in [3.8, 4) is 11.5 Å². The summed E-state index contributed by atoms with van der Waals surface area (Å²) in [4.78, 5) is 4.60. The molecule has 5 heteroatoms. The van der Waals surface area contributed by atoms with Gasteiger partial charge in [0, 0.05) is 23.5 Å². The van der Waals surface area contributed by atoms with Crippen molar-refractivity contribution in [1.82, 2.24) is 4.90 Å². The van der Waals surface area contributed by atoms with Crippen molar-refractivity contribution < 1.29 is 14.6 Å². The second-order valence-corrected chi connectivity index (χ2v) is 7.29. The molecular formula is C20H25NO3S. The van der Waals surface area contributed by atoms with E-state index in [1.54, 1.807) is 26.0 Å². The lowest BCUT2D eigenvalue weighted by Gasteiger charge is -2.22. The summed E-state index contributed by atoms with van der Waals surface area (Å²) >= 11 is 1.71. The Balaban J connectivity index is 2.20. The Morgan fingerprint density at radius 2 is 1.64 bits per heavy atom. The molecule has 1 heterocycles. The summed E-state index contributed by atoms with van der Waals surface area (Å²) in [6.07, 6.45) is 1.85. The minimum absolute atomic E-state index is 0.0398. The van der Waals surface area contributed by atoms with Crippen LogP contribution in [0.15, 0.2) is 40.1 Å². The number of aliphatic hydroxyl groups is 1. The minimum Gasteiger partial charge on any atom is -0.492 e. The van der Waals surface area contributed by atoms with Crippen LogP contribution in [0.5, 0.6) is 11.5 Å². The van der Waals surface area contributed by atoms with Crippen molar-refractivity contribution in [2.75, 3.05) is 34.4 Å². The number of methoxy groups -OCH3 is 2. The Kier molecular flexibility index (Phi) is 5.89. The summed E-state index contributed by atoms with van der Waals surface area (Å²) in [5.74, 6) is 1.38. The van der Waals surface area contributed by atoms with E-state index < -0.39 is 0 Å². The fraction of sp³-hybridized carbons (Fsp3) is 0.400. The molecule has 0 bridgehead atoms. The zero-order valence-electron chi connectivity index (χ0n) is 15.0. The van der Waals surface area contributed by atoms with Crippen LogP contribution in [0.3, 0.4) is 0 Å². The fourth-order valence-corrected chi connectivity index (χ4v) is 4.55. The van der Waals surface area contributed by atoms with Crippen LogP contribution in [0.1, 0.15) is 16.7 Å². The number of benzene rings is 2. The number of ether oxygens (including phenoxy) is 2. The van der Waals surface area contributed by atoms with Gasteiger partial charge in [-0.2, -0.15) is 0 Å². The summed E-state index contributed by atoms with van der Waals surface area (Å²) in [7, 11) is 5.45. The van der Waals surface area contributed by atoms with Crippen LogP contribution < -0.4 is 9.47 Å². The largest absolute Gasteiger partial charge is 0.492 e. The second kappa shape index (κ2) is 8.13. The van der Waals surface area contributed by atoms with Gasteiger partial charge in [0.2, 0.25) is 0 Å². The van der Waals surface area contributed by atoms with Crippen molar-refractivity contribution >= 4 is 11.8 Å². The SMILES string of the molecule is COc1c(CO)c2c(c(Sc3ccccc3)c1OC)CCN(C)CC2. The number of hydrogen-bond acceptors (Lipinski definition) is 5. The first-order valence-electron chi connectivity index (χ1n) is 8.50. The number of nitrogens with zero attached hydrogens (tertiary/aromatic N) is 1. The van der Waals surface area contributed by atoms with Crippen LogP contribution in [-0.2, 0) is 19.4 Å². The van der Waals surface area contributed by atoms with Gasteiger partial charge in [0.25, 0.3) is 0 Å². The smallest absolute Gasteiger partial charge is 0.175 e. The summed E-state index contributed by atoms with van der Waals surface area (Å²) in [5.41, 5.74) is 3.35. The maximum Gasteiger partial charge on any atom is 0.175 e. The number of aliphatic hydroxyl groups excluding tert-OH is 1. The molecular weight excluding hydrogens is 334 g/mol. The van der Waals surface area contributed by atoms with Gasteiger partial charge in [-0.1, -0.05) is 30.0 Å². The maximum atomic E-state index is 10.0. The molecule has 0 fully saturated rings. The molecule has 2 aromatic carbocycles. The third-order valence-electron chi connectivity index (χ3n) is 4.71. The molecule has 0 saturated heterocycles. The number of hydrogen-bond donors (Lipinski definition) is 1. The molecule has 0 unspecified atom stereocenters. The van der Waals surface area contributed by atoms with Crippen LogP contribution >= 0.6 is 11.8 Å². The van der Waals surface area contributed by atoms with E-state index in [0.717, 1.165) is 42.1 Å². The molecule has 0 saturated carbocycles. The Morgan fingerprint density at radius 3 is 2.24 bits per heavy atom. The van der Waals surface area contributed by atoms with Gasteiger partial charge >= 0.3 is 0 Å². The van der Waals surface area contributed by atoms with Crippen LogP contribution in [0.2, 0.25) is 0 Å². The summed E-state index contributed by atoms with van der Waals surface area (Å²) in [6.45, 7) is 1.93. The van der Waals surface area contributed by atoms with Gasteiger partial charge in [-0.25, -0.2) is 0 Å². The average molecular weight is 359 g/mol. The van der Waals surface area contributed by atoms with E-state index in [0.29, 0.717) is 5.75 Å². The third kappa shape index (κ3) is 3.64. The molecule has 0 atom stereocenters. The van der Waals surface area contributed by atoms with Crippen LogP contribution in [0.25, 0.3) is 0 Å². The standard InChI is InChI=1S/C20H25NO3S/c1-21-11-9-15-16(10-12-21)20(25-14-7-5-4-6-8-14)19(24-3)18(23-2)17(15)13-22/h4-8,22H,9-13H2,1-3H3. The number of fused-ring (bicyclic) bond motifs is 1. The van der Waals surface area contributed by atoms with Crippen molar-refractivity contribution in [1.29, 1.82) is 0 Å². The molecule has 0 spiro atoms. The second-order valence-electron chi connectivity index (χ2n) is 6.21. The molecule has 25 heavy (non-hydrogen) atoms. The Bertz CT molecular complexity index is 734.